The number of carbonyl (C=O) groups excluding carboxylic acids is 3. The van der Waals surface area contributed by atoms with Crippen LogP contribution in [0.2, 0.25) is 0 Å². The highest BCUT2D eigenvalue weighted by molar-refractivity contribution is 6.29. The molecule has 0 aliphatic heterocycles. The number of fused-ring (bicyclic) bond motifs is 3. The molecule has 27 heavy (non-hydrogen) atoms. The number of ketones is 3. The molecule has 0 radical (unpaired) electrons. The van der Waals surface area contributed by atoms with Crippen LogP contribution in [0.25, 0.3) is 0 Å². The molecule has 0 fully saturated rings. The Morgan fingerprint density at radius 2 is 1.85 bits per heavy atom. The van der Waals surface area contributed by atoms with Gasteiger partial charge in [-0.1, -0.05) is 0 Å². The van der Waals surface area contributed by atoms with Gasteiger partial charge in [0.25, 0.3) is 0 Å². The first-order valence-electron chi connectivity index (χ1n) is 8.65. The van der Waals surface area contributed by atoms with E-state index >= 15 is 0 Å². The molecule has 0 saturated carbocycles. The van der Waals surface area contributed by atoms with Gasteiger partial charge >= 0.3 is 0 Å². The van der Waals surface area contributed by atoms with Crippen LogP contribution in [-0.2, 0) is 17.6 Å². The maximum absolute atomic E-state index is 13.0. The highest BCUT2D eigenvalue weighted by atomic mass is 16.5. The number of phenolic OH excluding ortho intramolecular Hbond substituents is 1. The van der Waals surface area contributed by atoms with Gasteiger partial charge in [-0.25, -0.2) is 0 Å². The number of hydrogen-bond acceptors (Lipinski definition) is 6. The Kier molecular flexibility index (Phi) is 3.71. The summed E-state index contributed by atoms with van der Waals surface area (Å²) < 4.78 is 5.13. The van der Waals surface area contributed by atoms with Gasteiger partial charge in [0.1, 0.15) is 17.1 Å². The van der Waals surface area contributed by atoms with E-state index in [9.17, 15) is 24.6 Å². The van der Waals surface area contributed by atoms with Gasteiger partial charge in [-0.15, -0.1) is 0 Å². The van der Waals surface area contributed by atoms with Gasteiger partial charge in [-0.2, -0.15) is 0 Å². The lowest BCUT2D eigenvalue weighted by molar-refractivity contribution is -0.136. The highest BCUT2D eigenvalue weighted by Crippen LogP contribution is 2.42. The Morgan fingerprint density at radius 1 is 1.11 bits per heavy atom. The van der Waals surface area contributed by atoms with E-state index in [1.165, 1.54) is 32.2 Å². The molecule has 1 unspecified atom stereocenters. The van der Waals surface area contributed by atoms with Gasteiger partial charge in [-0.3, -0.25) is 14.4 Å². The zero-order valence-corrected chi connectivity index (χ0v) is 15.0. The molecular formula is C21H18O6. The Hall–Kier alpha value is -2.99. The summed E-state index contributed by atoms with van der Waals surface area (Å²) in [4.78, 5) is 37.7. The molecule has 138 valence electrons. The van der Waals surface area contributed by atoms with Gasteiger partial charge in [0, 0.05) is 23.1 Å². The van der Waals surface area contributed by atoms with Crippen molar-refractivity contribution in [1.82, 2.24) is 0 Å². The smallest absolute Gasteiger partial charge is 0.198 e. The van der Waals surface area contributed by atoms with Crippen LogP contribution in [0, 0.1) is 0 Å². The molecule has 2 N–H and O–H groups in total. The number of Topliss-reactive ketones (excluding diaryl/α,β-unsaturated/α-hetero) is 1. The van der Waals surface area contributed by atoms with Crippen molar-refractivity contribution in [2.45, 2.75) is 31.8 Å². The monoisotopic (exact) mass is 366 g/mol. The molecule has 2 aliphatic rings. The predicted molar refractivity (Wildman–Crippen MR) is 95.6 cm³/mol. The predicted octanol–water partition coefficient (Wildman–Crippen LogP) is 1.98. The third-order valence-electron chi connectivity index (χ3n) is 5.61. The van der Waals surface area contributed by atoms with E-state index in [4.69, 9.17) is 4.74 Å². The lowest BCUT2D eigenvalue weighted by Crippen LogP contribution is -2.42. The van der Waals surface area contributed by atoms with E-state index in [1.807, 2.05) is 0 Å². The fourth-order valence-corrected chi connectivity index (χ4v) is 3.96. The van der Waals surface area contributed by atoms with E-state index in [-0.39, 0.29) is 58.8 Å². The highest BCUT2D eigenvalue weighted by Gasteiger charge is 2.41. The molecule has 2 aliphatic carbocycles. The summed E-state index contributed by atoms with van der Waals surface area (Å²) in [6.45, 7) is 1.32. The normalized spacial score (nSPS) is 20.6. The van der Waals surface area contributed by atoms with Crippen molar-refractivity contribution in [2.24, 2.45) is 0 Å². The third kappa shape index (κ3) is 2.40. The van der Waals surface area contributed by atoms with Gasteiger partial charge < -0.3 is 14.9 Å². The van der Waals surface area contributed by atoms with Crippen LogP contribution in [0.4, 0.5) is 0 Å². The second-order valence-electron chi connectivity index (χ2n) is 7.12. The SMILES string of the molecule is COc1ccc2c(c1)C(=O)c1c(cc3c(c1O)CCC(O)(C(C)=O)C3)C2=O. The van der Waals surface area contributed by atoms with E-state index in [0.29, 0.717) is 16.9 Å². The van der Waals surface area contributed by atoms with Crippen molar-refractivity contribution >= 4 is 17.3 Å². The minimum absolute atomic E-state index is 0.00937. The number of rotatable bonds is 2. The molecule has 0 aromatic heterocycles. The maximum Gasteiger partial charge on any atom is 0.198 e. The third-order valence-corrected chi connectivity index (χ3v) is 5.61. The van der Waals surface area contributed by atoms with E-state index in [1.54, 1.807) is 6.07 Å². The van der Waals surface area contributed by atoms with Gasteiger partial charge in [0.15, 0.2) is 17.3 Å². The Bertz CT molecular complexity index is 1040. The minimum Gasteiger partial charge on any atom is -0.507 e. The van der Waals surface area contributed by atoms with Crippen molar-refractivity contribution in [3.8, 4) is 11.5 Å². The molecule has 0 amide bonds. The van der Waals surface area contributed by atoms with Gasteiger partial charge in [0.05, 0.1) is 12.7 Å². The largest absolute Gasteiger partial charge is 0.507 e. The summed E-state index contributed by atoms with van der Waals surface area (Å²) in [5.74, 6) is -0.962. The van der Waals surface area contributed by atoms with Crippen LogP contribution >= 0.6 is 0 Å². The van der Waals surface area contributed by atoms with Crippen LogP contribution in [0.5, 0.6) is 11.5 Å². The van der Waals surface area contributed by atoms with Gasteiger partial charge in [0.2, 0.25) is 0 Å². The Balaban J connectivity index is 1.90. The fourth-order valence-electron chi connectivity index (χ4n) is 3.96. The summed E-state index contributed by atoms with van der Waals surface area (Å²) in [7, 11) is 1.47. The van der Waals surface area contributed by atoms with Crippen LogP contribution in [0.1, 0.15) is 56.3 Å². The first kappa shape index (κ1) is 17.4. The average molecular weight is 366 g/mol. The first-order valence-corrected chi connectivity index (χ1v) is 8.65. The molecule has 4 rings (SSSR count). The molecule has 1 atom stereocenters. The fraction of sp³-hybridized carbons (Fsp3) is 0.286. The van der Waals surface area contributed by atoms with Crippen molar-refractivity contribution in [2.75, 3.05) is 7.11 Å². The van der Waals surface area contributed by atoms with Crippen molar-refractivity contribution in [3.05, 3.63) is 57.6 Å². The first-order chi connectivity index (χ1) is 12.8. The topological polar surface area (TPSA) is 101 Å². The average Bonchev–Trinajstić information content (AvgIpc) is 2.65. The number of phenols is 1. The van der Waals surface area contributed by atoms with Crippen LogP contribution in [0.3, 0.4) is 0 Å². The summed E-state index contributed by atoms with van der Waals surface area (Å²) in [6, 6.07) is 6.15. The summed E-state index contributed by atoms with van der Waals surface area (Å²) in [5.41, 5.74) is 0.0270. The molecule has 0 spiro atoms. The standard InChI is InChI=1S/C21H18O6/c1-10(22)21(26)6-5-13-11(9-21)7-16-17(19(13)24)20(25)15-8-12(27-2)3-4-14(15)18(16)23/h3-4,7-8,24,26H,5-6,9H2,1-2H3. The van der Waals surface area contributed by atoms with E-state index in [2.05, 4.69) is 0 Å². The molecule has 0 heterocycles. The number of hydrogen-bond donors (Lipinski definition) is 2. The van der Waals surface area contributed by atoms with Crippen LogP contribution < -0.4 is 4.74 Å². The lowest BCUT2D eigenvalue weighted by atomic mass is 9.74. The number of aliphatic hydroxyl groups is 1. The molecule has 2 aromatic rings. The quantitative estimate of drug-likeness (QED) is 0.719. The zero-order chi connectivity index (χ0) is 19.5. The van der Waals surface area contributed by atoms with Crippen LogP contribution in [-0.4, -0.2) is 40.3 Å². The van der Waals surface area contributed by atoms with Crippen molar-refractivity contribution in [3.63, 3.8) is 0 Å². The second-order valence-corrected chi connectivity index (χ2v) is 7.12. The maximum atomic E-state index is 13.0. The number of benzene rings is 2. The molecule has 2 aromatic carbocycles. The number of aromatic hydroxyl groups is 1. The number of methoxy groups -OCH3 is 1. The molecule has 0 saturated heterocycles. The summed E-state index contributed by atoms with van der Waals surface area (Å²) >= 11 is 0. The minimum atomic E-state index is -1.51. The summed E-state index contributed by atoms with van der Waals surface area (Å²) in [6.07, 6.45) is 0.417. The van der Waals surface area contributed by atoms with E-state index < -0.39 is 11.4 Å². The van der Waals surface area contributed by atoms with Crippen LogP contribution in [0.15, 0.2) is 24.3 Å². The molecule has 6 heteroatoms. The Morgan fingerprint density at radius 3 is 2.52 bits per heavy atom. The Labute approximate surface area is 155 Å². The van der Waals surface area contributed by atoms with Crippen molar-refractivity contribution in [1.29, 1.82) is 0 Å². The molecule has 6 nitrogen and oxygen atoms in total. The summed E-state index contributed by atoms with van der Waals surface area (Å²) in [5, 5.41) is 21.3. The number of ether oxygens (including phenoxy) is 1. The zero-order valence-electron chi connectivity index (χ0n) is 15.0. The van der Waals surface area contributed by atoms with E-state index in [0.717, 1.165) is 0 Å². The number of carbonyl (C=O) groups is 3. The molecular weight excluding hydrogens is 348 g/mol. The lowest BCUT2D eigenvalue weighted by Gasteiger charge is -2.33. The van der Waals surface area contributed by atoms with Crippen molar-refractivity contribution < 1.29 is 29.3 Å². The van der Waals surface area contributed by atoms with Gasteiger partial charge in [-0.05, 0) is 55.2 Å². The molecule has 0 bridgehead atoms. The second kappa shape index (κ2) is 5.76.